The lowest BCUT2D eigenvalue weighted by atomic mass is 10.2. The van der Waals surface area contributed by atoms with Crippen LogP contribution < -0.4 is 5.32 Å². The first-order valence-electron chi connectivity index (χ1n) is 9.23. The van der Waals surface area contributed by atoms with Crippen LogP contribution in [0.5, 0.6) is 0 Å². The average Bonchev–Trinajstić information content (AvgIpc) is 3.06. The Bertz CT molecular complexity index is 993. The molecule has 0 radical (unpaired) electrons. The van der Waals surface area contributed by atoms with Crippen molar-refractivity contribution in [1.29, 1.82) is 0 Å². The molecule has 0 aliphatic heterocycles. The summed E-state index contributed by atoms with van der Waals surface area (Å²) in [7, 11) is 0. The number of amides is 1. The molecule has 6 nitrogen and oxygen atoms in total. The second-order valence-corrected chi connectivity index (χ2v) is 6.32. The normalized spacial score (nSPS) is 12.2. The standard InChI is InChI=1S/C22H23N3O3/c1-3-28-21(27)15-25-19-12-8-7-11-18(19)24-22(25)16(2)23-20(26)14-13-17-9-5-4-6-10-17/h4-14,16H,3,15H2,1-2H3,(H,23,26)/b14-13-. The zero-order chi connectivity index (χ0) is 19.9. The monoisotopic (exact) mass is 377 g/mol. The summed E-state index contributed by atoms with van der Waals surface area (Å²) in [6.45, 7) is 3.98. The molecule has 6 heteroatoms. The highest BCUT2D eigenvalue weighted by Crippen LogP contribution is 2.21. The van der Waals surface area contributed by atoms with Gasteiger partial charge in [0.05, 0.1) is 23.7 Å². The summed E-state index contributed by atoms with van der Waals surface area (Å²) in [6, 6.07) is 16.8. The summed E-state index contributed by atoms with van der Waals surface area (Å²) in [5.41, 5.74) is 2.54. The Labute approximate surface area is 163 Å². The number of carbonyl (C=O) groups excluding carboxylic acids is 2. The van der Waals surface area contributed by atoms with E-state index in [0.29, 0.717) is 12.4 Å². The number of benzene rings is 2. The number of imidazole rings is 1. The SMILES string of the molecule is CCOC(=O)Cn1c(C(C)NC(=O)/C=C\c2ccccc2)nc2ccccc21. The maximum Gasteiger partial charge on any atom is 0.326 e. The van der Waals surface area contributed by atoms with Crippen LogP contribution in [0.25, 0.3) is 17.1 Å². The van der Waals surface area contributed by atoms with Gasteiger partial charge in [0.25, 0.3) is 0 Å². The van der Waals surface area contributed by atoms with Crippen LogP contribution in [0.3, 0.4) is 0 Å². The molecule has 0 aliphatic carbocycles. The van der Waals surface area contributed by atoms with Gasteiger partial charge < -0.3 is 14.6 Å². The van der Waals surface area contributed by atoms with E-state index < -0.39 is 0 Å². The van der Waals surface area contributed by atoms with Crippen LogP contribution in [0.1, 0.15) is 31.3 Å². The molecule has 0 spiro atoms. The predicted octanol–water partition coefficient (Wildman–Crippen LogP) is 3.49. The maximum atomic E-state index is 12.3. The third-order valence-corrected chi connectivity index (χ3v) is 4.25. The number of fused-ring (bicyclic) bond motifs is 1. The van der Waals surface area contributed by atoms with E-state index in [9.17, 15) is 9.59 Å². The molecule has 3 rings (SSSR count). The number of hydrogen-bond donors (Lipinski definition) is 1. The molecule has 3 aromatic rings. The number of esters is 1. The number of carbonyl (C=O) groups is 2. The summed E-state index contributed by atoms with van der Waals surface area (Å²) < 4.78 is 6.87. The summed E-state index contributed by atoms with van der Waals surface area (Å²) >= 11 is 0. The first-order chi connectivity index (χ1) is 13.6. The van der Waals surface area contributed by atoms with E-state index in [1.165, 1.54) is 6.08 Å². The maximum absolute atomic E-state index is 12.3. The molecule has 1 unspecified atom stereocenters. The minimum Gasteiger partial charge on any atom is -0.465 e. The third kappa shape index (κ3) is 4.65. The minimum absolute atomic E-state index is 0.0454. The van der Waals surface area contributed by atoms with Crippen LogP contribution in [-0.2, 0) is 20.9 Å². The van der Waals surface area contributed by atoms with Crippen LogP contribution in [0.4, 0.5) is 0 Å². The second kappa shape index (κ2) is 8.99. The molecule has 1 heterocycles. The van der Waals surface area contributed by atoms with E-state index >= 15 is 0 Å². The summed E-state index contributed by atoms with van der Waals surface area (Å²) in [6.07, 6.45) is 3.24. The van der Waals surface area contributed by atoms with E-state index in [1.807, 2.05) is 61.5 Å². The van der Waals surface area contributed by atoms with Gasteiger partial charge in [0.15, 0.2) is 0 Å². The number of rotatable bonds is 7. The summed E-state index contributed by atoms with van der Waals surface area (Å²) in [5.74, 6) is 0.0382. The van der Waals surface area contributed by atoms with Crippen LogP contribution in [-0.4, -0.2) is 28.0 Å². The van der Waals surface area contributed by atoms with Gasteiger partial charge in [0.2, 0.25) is 5.91 Å². The first-order valence-corrected chi connectivity index (χ1v) is 9.23. The number of ether oxygens (including phenoxy) is 1. The van der Waals surface area contributed by atoms with Gasteiger partial charge in [-0.25, -0.2) is 4.98 Å². The smallest absolute Gasteiger partial charge is 0.326 e. The van der Waals surface area contributed by atoms with Crippen LogP contribution in [0, 0.1) is 0 Å². The Morgan fingerprint density at radius 3 is 2.61 bits per heavy atom. The van der Waals surface area contributed by atoms with E-state index in [1.54, 1.807) is 17.6 Å². The van der Waals surface area contributed by atoms with Gasteiger partial charge in [0, 0.05) is 6.08 Å². The van der Waals surface area contributed by atoms with Gasteiger partial charge in [0.1, 0.15) is 12.4 Å². The van der Waals surface area contributed by atoms with E-state index in [0.717, 1.165) is 16.6 Å². The van der Waals surface area contributed by atoms with Gasteiger partial charge in [-0.3, -0.25) is 9.59 Å². The van der Waals surface area contributed by atoms with E-state index in [2.05, 4.69) is 10.3 Å². The lowest BCUT2D eigenvalue weighted by Gasteiger charge is -2.15. The molecule has 0 saturated carbocycles. The Morgan fingerprint density at radius 1 is 1.14 bits per heavy atom. The fourth-order valence-corrected chi connectivity index (χ4v) is 2.99. The van der Waals surface area contributed by atoms with Crippen molar-refractivity contribution in [2.75, 3.05) is 6.61 Å². The fourth-order valence-electron chi connectivity index (χ4n) is 2.99. The van der Waals surface area contributed by atoms with Gasteiger partial charge >= 0.3 is 5.97 Å². The van der Waals surface area contributed by atoms with Crippen molar-refractivity contribution in [1.82, 2.24) is 14.9 Å². The number of nitrogens with one attached hydrogen (secondary N) is 1. The van der Waals surface area contributed by atoms with Gasteiger partial charge in [-0.2, -0.15) is 0 Å². The molecule has 28 heavy (non-hydrogen) atoms. The third-order valence-electron chi connectivity index (χ3n) is 4.25. The molecule has 0 aliphatic rings. The lowest BCUT2D eigenvalue weighted by molar-refractivity contribution is -0.143. The van der Waals surface area contributed by atoms with Crippen molar-refractivity contribution < 1.29 is 14.3 Å². The Kier molecular flexibility index (Phi) is 6.22. The number of para-hydroxylation sites is 2. The Balaban J connectivity index is 1.80. The Hall–Kier alpha value is -3.41. The van der Waals surface area contributed by atoms with Crippen molar-refractivity contribution in [3.8, 4) is 0 Å². The van der Waals surface area contributed by atoms with Crippen molar-refractivity contribution in [2.24, 2.45) is 0 Å². The molecule has 0 bridgehead atoms. The minimum atomic E-state index is -0.380. The van der Waals surface area contributed by atoms with E-state index in [4.69, 9.17) is 4.74 Å². The van der Waals surface area contributed by atoms with E-state index in [-0.39, 0.29) is 24.5 Å². The van der Waals surface area contributed by atoms with Crippen molar-refractivity contribution in [3.63, 3.8) is 0 Å². The zero-order valence-electron chi connectivity index (χ0n) is 16.0. The molecule has 144 valence electrons. The fraction of sp³-hybridized carbons (Fsp3) is 0.227. The Morgan fingerprint density at radius 2 is 1.86 bits per heavy atom. The molecule has 2 aromatic carbocycles. The van der Waals surface area contributed by atoms with Gasteiger partial charge in [-0.05, 0) is 37.6 Å². The number of nitrogens with zero attached hydrogens (tertiary/aromatic N) is 2. The average molecular weight is 377 g/mol. The predicted molar refractivity (Wildman–Crippen MR) is 108 cm³/mol. The van der Waals surface area contributed by atoms with Crippen molar-refractivity contribution in [3.05, 3.63) is 72.1 Å². The molecule has 0 saturated heterocycles. The number of hydrogen-bond acceptors (Lipinski definition) is 4. The largest absolute Gasteiger partial charge is 0.465 e. The second-order valence-electron chi connectivity index (χ2n) is 6.32. The molecule has 0 fully saturated rings. The summed E-state index contributed by atoms with van der Waals surface area (Å²) in [4.78, 5) is 29.0. The molecular formula is C22H23N3O3. The molecule has 1 amide bonds. The summed E-state index contributed by atoms with van der Waals surface area (Å²) in [5, 5.41) is 2.91. The zero-order valence-corrected chi connectivity index (χ0v) is 16.0. The number of aromatic nitrogens is 2. The highest BCUT2D eigenvalue weighted by molar-refractivity contribution is 5.92. The highest BCUT2D eigenvalue weighted by Gasteiger charge is 2.19. The topological polar surface area (TPSA) is 73.2 Å². The van der Waals surface area contributed by atoms with Crippen molar-refractivity contribution in [2.45, 2.75) is 26.4 Å². The molecular weight excluding hydrogens is 354 g/mol. The van der Waals surface area contributed by atoms with Gasteiger partial charge in [-0.1, -0.05) is 42.5 Å². The van der Waals surface area contributed by atoms with Crippen LogP contribution in [0.15, 0.2) is 60.7 Å². The molecule has 1 atom stereocenters. The highest BCUT2D eigenvalue weighted by atomic mass is 16.5. The molecule has 1 aromatic heterocycles. The van der Waals surface area contributed by atoms with Crippen LogP contribution in [0.2, 0.25) is 0 Å². The van der Waals surface area contributed by atoms with Crippen molar-refractivity contribution >= 4 is 29.0 Å². The van der Waals surface area contributed by atoms with Gasteiger partial charge in [-0.15, -0.1) is 0 Å². The quantitative estimate of drug-likeness (QED) is 0.505. The lowest BCUT2D eigenvalue weighted by Crippen LogP contribution is -2.28. The van der Waals surface area contributed by atoms with Crippen LogP contribution >= 0.6 is 0 Å². The first kappa shape index (κ1) is 19.4. The molecule has 1 N–H and O–H groups in total.